The zero-order chi connectivity index (χ0) is 17.9. The van der Waals surface area contributed by atoms with Gasteiger partial charge in [0.05, 0.1) is 12.1 Å². The van der Waals surface area contributed by atoms with E-state index in [4.69, 9.17) is 4.74 Å². The average molecular weight is 330 g/mol. The molecule has 0 aliphatic carbocycles. The second kappa shape index (κ2) is 7.08. The van der Waals surface area contributed by atoms with Gasteiger partial charge >= 0.3 is 5.97 Å². The predicted octanol–water partition coefficient (Wildman–Crippen LogP) is 1.28. The minimum absolute atomic E-state index is 0.0715. The highest BCUT2D eigenvalue weighted by Gasteiger charge is 2.43. The largest absolute Gasteiger partial charge is 0.427 e. The fraction of sp³-hybridized carbons (Fsp3) is 0.294. The molecule has 0 radical (unpaired) electrons. The van der Waals surface area contributed by atoms with Crippen LogP contribution in [0, 0.1) is 0 Å². The van der Waals surface area contributed by atoms with Crippen LogP contribution >= 0.6 is 0 Å². The van der Waals surface area contributed by atoms with Crippen LogP contribution in [0.25, 0.3) is 0 Å². The summed E-state index contributed by atoms with van der Waals surface area (Å²) in [4.78, 5) is 49.8. The van der Waals surface area contributed by atoms with Gasteiger partial charge in [-0.3, -0.25) is 19.2 Å². The van der Waals surface area contributed by atoms with Gasteiger partial charge in [-0.25, -0.2) is 4.90 Å². The third-order valence-corrected chi connectivity index (χ3v) is 3.59. The number of imide groups is 1. The monoisotopic (exact) mass is 330 g/mol. The molecule has 1 saturated heterocycles. The molecule has 0 spiro atoms. The second-order valence-corrected chi connectivity index (χ2v) is 5.33. The molecule has 7 heteroatoms. The molecule has 2 rings (SSSR count). The zero-order valence-electron chi connectivity index (χ0n) is 13.5. The summed E-state index contributed by atoms with van der Waals surface area (Å²) in [5.74, 6) is -1.29. The molecule has 0 bridgehead atoms. The standard InChI is InChI=1S/C17H18N2O5/c1-4-9-18(11(2)20)15-10-16(22)19(17(15)23)13-5-7-14(8-6-13)24-12(3)21/h4-8,15H,1,9-10H2,2-3H3. The predicted molar refractivity (Wildman–Crippen MR) is 86.2 cm³/mol. The quantitative estimate of drug-likeness (QED) is 0.351. The first kappa shape index (κ1) is 17.4. The van der Waals surface area contributed by atoms with Crippen LogP contribution in [0.1, 0.15) is 20.3 Å². The Kier molecular flexibility index (Phi) is 5.13. The lowest BCUT2D eigenvalue weighted by atomic mass is 10.2. The van der Waals surface area contributed by atoms with Gasteiger partial charge in [-0.1, -0.05) is 6.08 Å². The Labute approximate surface area is 139 Å². The molecule has 1 aliphatic heterocycles. The summed E-state index contributed by atoms with van der Waals surface area (Å²) in [7, 11) is 0. The number of nitrogens with zero attached hydrogens (tertiary/aromatic N) is 2. The van der Waals surface area contributed by atoms with E-state index < -0.39 is 17.9 Å². The molecule has 7 nitrogen and oxygen atoms in total. The number of carbonyl (C=O) groups is 4. The van der Waals surface area contributed by atoms with Crippen LogP contribution < -0.4 is 9.64 Å². The molecular weight excluding hydrogens is 312 g/mol. The number of esters is 1. The number of hydrogen-bond acceptors (Lipinski definition) is 5. The maximum atomic E-state index is 12.6. The lowest BCUT2D eigenvalue weighted by Crippen LogP contribution is -2.44. The molecule has 126 valence electrons. The topological polar surface area (TPSA) is 84.0 Å². The summed E-state index contributed by atoms with van der Waals surface area (Å²) in [6, 6.07) is 5.19. The summed E-state index contributed by atoms with van der Waals surface area (Å²) < 4.78 is 4.92. The minimum atomic E-state index is -0.832. The lowest BCUT2D eigenvalue weighted by molar-refractivity contribution is -0.135. The van der Waals surface area contributed by atoms with Gasteiger partial charge in [0, 0.05) is 20.4 Å². The first-order chi connectivity index (χ1) is 11.3. The van der Waals surface area contributed by atoms with Crippen molar-refractivity contribution in [1.29, 1.82) is 0 Å². The van der Waals surface area contributed by atoms with Gasteiger partial charge in [0.1, 0.15) is 11.8 Å². The van der Waals surface area contributed by atoms with Crippen LogP contribution in [-0.4, -0.2) is 41.2 Å². The maximum Gasteiger partial charge on any atom is 0.308 e. The van der Waals surface area contributed by atoms with E-state index in [1.54, 1.807) is 0 Å². The summed E-state index contributed by atoms with van der Waals surface area (Å²) >= 11 is 0. The van der Waals surface area contributed by atoms with Crippen molar-refractivity contribution in [2.45, 2.75) is 26.3 Å². The van der Waals surface area contributed by atoms with E-state index >= 15 is 0 Å². The van der Waals surface area contributed by atoms with Crippen LogP contribution in [0.2, 0.25) is 0 Å². The van der Waals surface area contributed by atoms with E-state index in [9.17, 15) is 19.2 Å². The average Bonchev–Trinajstić information content (AvgIpc) is 2.79. The summed E-state index contributed by atoms with van der Waals surface area (Å²) in [5, 5.41) is 0. The smallest absolute Gasteiger partial charge is 0.308 e. The highest BCUT2D eigenvalue weighted by Crippen LogP contribution is 2.27. The van der Waals surface area contributed by atoms with Gasteiger partial charge in [0.25, 0.3) is 5.91 Å². The molecule has 1 aromatic carbocycles. The molecule has 1 heterocycles. The molecule has 24 heavy (non-hydrogen) atoms. The van der Waals surface area contributed by atoms with Gasteiger partial charge in [0.2, 0.25) is 11.8 Å². The van der Waals surface area contributed by atoms with Crippen LogP contribution in [0.4, 0.5) is 5.69 Å². The first-order valence-electron chi connectivity index (χ1n) is 7.38. The maximum absolute atomic E-state index is 12.6. The van der Waals surface area contributed by atoms with Gasteiger partial charge in [-0.05, 0) is 24.3 Å². The van der Waals surface area contributed by atoms with Crippen molar-refractivity contribution in [3.05, 3.63) is 36.9 Å². The molecule has 1 unspecified atom stereocenters. The molecular formula is C17H18N2O5. The van der Waals surface area contributed by atoms with Crippen LogP contribution in [0.15, 0.2) is 36.9 Å². The van der Waals surface area contributed by atoms with Crippen molar-refractivity contribution < 1.29 is 23.9 Å². The molecule has 1 aromatic rings. The number of amides is 3. The fourth-order valence-electron chi connectivity index (χ4n) is 2.57. The SMILES string of the molecule is C=CCN(C(C)=O)C1CC(=O)N(c2ccc(OC(C)=O)cc2)C1=O. The Morgan fingerprint density at radius 1 is 1.29 bits per heavy atom. The molecule has 1 aliphatic rings. The number of anilines is 1. The van der Waals surface area contributed by atoms with E-state index in [0.29, 0.717) is 11.4 Å². The van der Waals surface area contributed by atoms with Crippen LogP contribution in [0.3, 0.4) is 0 Å². The van der Waals surface area contributed by atoms with Crippen LogP contribution in [-0.2, 0) is 19.2 Å². The van der Waals surface area contributed by atoms with Crippen molar-refractivity contribution in [3.8, 4) is 5.75 Å². The summed E-state index contributed by atoms with van der Waals surface area (Å²) in [6.07, 6.45) is 1.44. The molecule has 0 saturated carbocycles. The van der Waals surface area contributed by atoms with Crippen LogP contribution in [0.5, 0.6) is 5.75 Å². The number of ether oxygens (including phenoxy) is 1. The van der Waals surface area contributed by atoms with Crippen molar-refractivity contribution in [2.24, 2.45) is 0 Å². The molecule has 1 fully saturated rings. The Hall–Kier alpha value is -2.96. The van der Waals surface area contributed by atoms with Crippen molar-refractivity contribution in [2.75, 3.05) is 11.4 Å². The van der Waals surface area contributed by atoms with Crippen molar-refractivity contribution >= 4 is 29.4 Å². The van der Waals surface area contributed by atoms with E-state index in [2.05, 4.69) is 6.58 Å². The normalized spacial score (nSPS) is 16.9. The lowest BCUT2D eigenvalue weighted by Gasteiger charge is -2.25. The third-order valence-electron chi connectivity index (χ3n) is 3.59. The van der Waals surface area contributed by atoms with Crippen molar-refractivity contribution in [3.63, 3.8) is 0 Å². The highest BCUT2D eigenvalue weighted by molar-refractivity contribution is 6.23. The molecule has 0 N–H and O–H groups in total. The van der Waals surface area contributed by atoms with E-state index in [1.165, 1.54) is 49.1 Å². The second-order valence-electron chi connectivity index (χ2n) is 5.33. The Morgan fingerprint density at radius 3 is 2.42 bits per heavy atom. The zero-order valence-corrected chi connectivity index (χ0v) is 13.5. The first-order valence-corrected chi connectivity index (χ1v) is 7.38. The van der Waals surface area contributed by atoms with E-state index in [1.807, 2.05) is 0 Å². The number of hydrogen-bond donors (Lipinski definition) is 0. The molecule has 0 aromatic heterocycles. The Bertz CT molecular complexity index is 695. The minimum Gasteiger partial charge on any atom is -0.427 e. The van der Waals surface area contributed by atoms with Gasteiger partial charge in [-0.15, -0.1) is 6.58 Å². The summed E-state index contributed by atoms with van der Waals surface area (Å²) in [5.41, 5.74) is 0.366. The molecule has 1 atom stereocenters. The molecule has 3 amide bonds. The number of rotatable bonds is 5. The van der Waals surface area contributed by atoms with Gasteiger partial charge in [0.15, 0.2) is 0 Å². The third kappa shape index (κ3) is 3.51. The number of benzene rings is 1. The Morgan fingerprint density at radius 2 is 1.92 bits per heavy atom. The van der Waals surface area contributed by atoms with E-state index in [-0.39, 0.29) is 24.8 Å². The number of carbonyl (C=O) groups excluding carboxylic acids is 4. The Balaban J connectivity index is 2.23. The fourth-order valence-corrected chi connectivity index (χ4v) is 2.57. The summed E-state index contributed by atoms with van der Waals surface area (Å²) in [6.45, 7) is 6.38. The highest BCUT2D eigenvalue weighted by atomic mass is 16.5. The van der Waals surface area contributed by atoms with E-state index in [0.717, 1.165) is 4.90 Å². The van der Waals surface area contributed by atoms with Gasteiger partial charge < -0.3 is 9.64 Å². The van der Waals surface area contributed by atoms with Crippen molar-refractivity contribution in [1.82, 2.24) is 4.90 Å². The van der Waals surface area contributed by atoms with Gasteiger partial charge in [-0.2, -0.15) is 0 Å².